The molecule has 1 heteroatoms. The lowest BCUT2D eigenvalue weighted by Crippen LogP contribution is -2.18. The molecule has 41 heavy (non-hydrogen) atoms. The molecule has 7 rings (SSSR count). The van der Waals surface area contributed by atoms with Crippen molar-refractivity contribution >= 4 is 43.7 Å². The van der Waals surface area contributed by atoms with Crippen LogP contribution in [0.15, 0.2) is 140 Å². The standard InChI is InChI=1S/C40H33N/c1-4-27(3)36-26-34(30-16-14-29(15-17-30)28-10-7-6-8-11-28)22-25-38(36)41(5-2)37-24-21-33-19-18-31-12-9-13-32-20-23-35(37)40(33)39(31)32/h4,6-27H,1,5H2,2-3H3. The summed E-state index contributed by atoms with van der Waals surface area (Å²) in [4.78, 5) is 2.48. The Bertz CT molecular complexity index is 1980. The lowest BCUT2D eigenvalue weighted by atomic mass is 9.91. The largest absolute Gasteiger partial charge is 0.341 e. The van der Waals surface area contributed by atoms with Crippen LogP contribution < -0.4 is 4.90 Å². The molecule has 0 saturated carbocycles. The van der Waals surface area contributed by atoms with Gasteiger partial charge in [0.2, 0.25) is 0 Å². The van der Waals surface area contributed by atoms with Gasteiger partial charge >= 0.3 is 0 Å². The fourth-order valence-corrected chi connectivity index (χ4v) is 6.38. The van der Waals surface area contributed by atoms with Crippen LogP contribution in [0.5, 0.6) is 0 Å². The van der Waals surface area contributed by atoms with Gasteiger partial charge in [0.15, 0.2) is 0 Å². The van der Waals surface area contributed by atoms with Crippen molar-refractivity contribution in [1.82, 2.24) is 0 Å². The Labute approximate surface area is 242 Å². The Morgan fingerprint density at radius 3 is 1.83 bits per heavy atom. The van der Waals surface area contributed by atoms with E-state index < -0.39 is 0 Å². The molecule has 0 aliphatic heterocycles. The van der Waals surface area contributed by atoms with Gasteiger partial charge in [-0.05, 0) is 79.9 Å². The van der Waals surface area contributed by atoms with Crippen LogP contribution in [0, 0.1) is 0 Å². The summed E-state index contributed by atoms with van der Waals surface area (Å²) < 4.78 is 0. The van der Waals surface area contributed by atoms with Crippen LogP contribution in [0.4, 0.5) is 11.4 Å². The molecule has 0 bridgehead atoms. The molecule has 1 atom stereocenters. The summed E-state index contributed by atoms with van der Waals surface area (Å²) in [6.07, 6.45) is 2.05. The van der Waals surface area contributed by atoms with E-state index in [9.17, 15) is 0 Å². The molecule has 0 radical (unpaired) electrons. The Morgan fingerprint density at radius 2 is 1.15 bits per heavy atom. The summed E-state index contributed by atoms with van der Waals surface area (Å²) in [6, 6.07) is 46.7. The zero-order valence-corrected chi connectivity index (χ0v) is 23.6. The lowest BCUT2D eigenvalue weighted by Gasteiger charge is -2.29. The number of rotatable bonds is 7. The fraction of sp³-hybridized carbons (Fsp3) is 0.100. The zero-order chi connectivity index (χ0) is 27.9. The molecule has 0 spiro atoms. The average molecular weight is 528 g/mol. The normalized spacial score (nSPS) is 12.2. The van der Waals surface area contributed by atoms with Crippen molar-refractivity contribution in [3.05, 3.63) is 146 Å². The first-order valence-electron chi connectivity index (χ1n) is 14.5. The highest BCUT2D eigenvalue weighted by Crippen LogP contribution is 2.43. The van der Waals surface area contributed by atoms with Gasteiger partial charge in [-0.25, -0.2) is 0 Å². The van der Waals surface area contributed by atoms with E-state index in [1.165, 1.54) is 71.5 Å². The van der Waals surface area contributed by atoms with E-state index in [4.69, 9.17) is 0 Å². The van der Waals surface area contributed by atoms with Gasteiger partial charge in [0, 0.05) is 29.2 Å². The minimum absolute atomic E-state index is 0.211. The Balaban J connectivity index is 1.35. The summed E-state index contributed by atoms with van der Waals surface area (Å²) in [7, 11) is 0. The third-order valence-corrected chi connectivity index (χ3v) is 8.60. The predicted octanol–water partition coefficient (Wildman–Crippen LogP) is 11.4. The highest BCUT2D eigenvalue weighted by Gasteiger charge is 2.20. The molecule has 0 aromatic heterocycles. The Hall–Kier alpha value is -4.88. The molecule has 7 aromatic carbocycles. The number of benzene rings is 7. The van der Waals surface area contributed by atoms with Crippen molar-refractivity contribution in [2.75, 3.05) is 11.4 Å². The smallest absolute Gasteiger partial charge is 0.0491 e. The van der Waals surface area contributed by atoms with Crippen molar-refractivity contribution in [2.45, 2.75) is 19.8 Å². The number of hydrogen-bond acceptors (Lipinski definition) is 1. The first kappa shape index (κ1) is 25.1. The van der Waals surface area contributed by atoms with Crippen molar-refractivity contribution in [3.8, 4) is 22.3 Å². The van der Waals surface area contributed by atoms with E-state index >= 15 is 0 Å². The van der Waals surface area contributed by atoms with Gasteiger partial charge in [0.1, 0.15) is 0 Å². The van der Waals surface area contributed by atoms with Crippen molar-refractivity contribution in [2.24, 2.45) is 0 Å². The summed E-state index contributed by atoms with van der Waals surface area (Å²) in [5.41, 5.74) is 8.69. The van der Waals surface area contributed by atoms with Crippen molar-refractivity contribution in [1.29, 1.82) is 0 Å². The molecule has 0 aliphatic rings. The molecule has 0 aliphatic carbocycles. The van der Waals surface area contributed by atoms with E-state index in [0.717, 1.165) is 6.54 Å². The molecule has 0 heterocycles. The van der Waals surface area contributed by atoms with Crippen LogP contribution in [-0.4, -0.2) is 6.54 Å². The molecule has 0 saturated heterocycles. The minimum atomic E-state index is 0.211. The van der Waals surface area contributed by atoms with Gasteiger partial charge in [-0.2, -0.15) is 0 Å². The van der Waals surface area contributed by atoms with Gasteiger partial charge in [0.05, 0.1) is 0 Å². The van der Waals surface area contributed by atoms with Gasteiger partial charge in [-0.3, -0.25) is 0 Å². The highest BCUT2D eigenvalue weighted by atomic mass is 15.1. The maximum atomic E-state index is 4.17. The minimum Gasteiger partial charge on any atom is -0.341 e. The topological polar surface area (TPSA) is 3.24 Å². The van der Waals surface area contributed by atoms with Crippen LogP contribution in [0.1, 0.15) is 25.3 Å². The third-order valence-electron chi connectivity index (χ3n) is 8.60. The summed E-state index contributed by atoms with van der Waals surface area (Å²) in [5.74, 6) is 0.211. The second-order valence-corrected chi connectivity index (χ2v) is 10.9. The van der Waals surface area contributed by atoms with E-state index in [1.54, 1.807) is 0 Å². The van der Waals surface area contributed by atoms with Crippen LogP contribution >= 0.6 is 0 Å². The monoisotopic (exact) mass is 527 g/mol. The summed E-state index contributed by atoms with van der Waals surface area (Å²) in [5, 5.41) is 7.89. The quantitative estimate of drug-likeness (QED) is 0.147. The maximum absolute atomic E-state index is 4.17. The van der Waals surface area contributed by atoms with Crippen LogP contribution in [-0.2, 0) is 0 Å². The van der Waals surface area contributed by atoms with E-state index in [-0.39, 0.29) is 5.92 Å². The highest BCUT2D eigenvalue weighted by molar-refractivity contribution is 6.25. The van der Waals surface area contributed by atoms with E-state index in [2.05, 4.69) is 159 Å². The predicted molar refractivity (Wildman–Crippen MR) is 179 cm³/mol. The average Bonchev–Trinajstić information content (AvgIpc) is 3.04. The van der Waals surface area contributed by atoms with Gasteiger partial charge < -0.3 is 4.90 Å². The van der Waals surface area contributed by atoms with Gasteiger partial charge in [0.25, 0.3) is 0 Å². The number of anilines is 2. The molecule has 0 N–H and O–H groups in total. The maximum Gasteiger partial charge on any atom is 0.0491 e. The molecule has 1 unspecified atom stereocenters. The van der Waals surface area contributed by atoms with Crippen LogP contribution in [0.3, 0.4) is 0 Å². The SMILES string of the molecule is C=CC(C)c1cc(-c2ccc(-c3ccccc3)cc2)ccc1N(CC)c1ccc2ccc3cccc4ccc1c2c34. The van der Waals surface area contributed by atoms with Crippen LogP contribution in [0.25, 0.3) is 54.6 Å². The second kappa shape index (κ2) is 10.3. The number of nitrogens with zero attached hydrogens (tertiary/aromatic N) is 1. The third kappa shape index (κ3) is 4.26. The number of allylic oxidation sites excluding steroid dienone is 1. The van der Waals surface area contributed by atoms with Crippen molar-refractivity contribution in [3.63, 3.8) is 0 Å². The summed E-state index contributed by atoms with van der Waals surface area (Å²) in [6.45, 7) is 9.53. The molecular weight excluding hydrogens is 494 g/mol. The molecule has 7 aromatic rings. The Kier molecular flexibility index (Phi) is 6.29. The van der Waals surface area contributed by atoms with Crippen molar-refractivity contribution < 1.29 is 0 Å². The molecule has 1 nitrogen and oxygen atoms in total. The molecule has 0 amide bonds. The molecular formula is C40H33N. The molecule has 0 fully saturated rings. The van der Waals surface area contributed by atoms with E-state index in [0.29, 0.717) is 0 Å². The fourth-order valence-electron chi connectivity index (χ4n) is 6.38. The molecule has 198 valence electrons. The first-order chi connectivity index (χ1) is 20.2. The van der Waals surface area contributed by atoms with E-state index in [1.807, 2.05) is 0 Å². The van der Waals surface area contributed by atoms with Gasteiger partial charge in [-0.1, -0.05) is 122 Å². The van der Waals surface area contributed by atoms with Gasteiger partial charge in [-0.15, -0.1) is 6.58 Å². The van der Waals surface area contributed by atoms with Crippen LogP contribution in [0.2, 0.25) is 0 Å². The second-order valence-electron chi connectivity index (χ2n) is 10.9. The number of hydrogen-bond donors (Lipinski definition) is 0. The lowest BCUT2D eigenvalue weighted by molar-refractivity contribution is 0.938. The first-order valence-corrected chi connectivity index (χ1v) is 14.5. The Morgan fingerprint density at radius 1 is 0.585 bits per heavy atom. The summed E-state index contributed by atoms with van der Waals surface area (Å²) >= 11 is 0. The zero-order valence-electron chi connectivity index (χ0n) is 23.6.